The molecule has 0 saturated heterocycles. The first-order valence-electron chi connectivity index (χ1n) is 16.6. The van der Waals surface area contributed by atoms with Gasteiger partial charge >= 0.3 is 0 Å². The number of hydrogen-bond acceptors (Lipinski definition) is 4. The maximum absolute atomic E-state index is 9.62. The summed E-state index contributed by atoms with van der Waals surface area (Å²) in [7, 11) is 0. The number of hydrogen-bond donors (Lipinski definition) is 0. The molecule has 222 valence electrons. The van der Waals surface area contributed by atoms with E-state index in [0.717, 1.165) is 56.3 Å². The van der Waals surface area contributed by atoms with Crippen LogP contribution in [0.3, 0.4) is 0 Å². The molecule has 4 aliphatic carbocycles. The lowest BCUT2D eigenvalue weighted by molar-refractivity contribution is -0.00518. The van der Waals surface area contributed by atoms with E-state index in [0.29, 0.717) is 28.5 Å². The van der Waals surface area contributed by atoms with Crippen molar-refractivity contribution in [1.82, 2.24) is 15.0 Å². The van der Waals surface area contributed by atoms with E-state index in [2.05, 4.69) is 78.9 Å². The van der Waals surface area contributed by atoms with Gasteiger partial charge in [0, 0.05) is 22.1 Å². The Hall–Kier alpha value is -5.14. The molecule has 0 N–H and O–H groups in total. The van der Waals surface area contributed by atoms with Gasteiger partial charge in [0.15, 0.2) is 17.5 Å². The van der Waals surface area contributed by atoms with Crippen LogP contribution in [0, 0.1) is 29.1 Å². The van der Waals surface area contributed by atoms with Crippen molar-refractivity contribution in [2.24, 2.45) is 17.8 Å². The van der Waals surface area contributed by atoms with E-state index in [-0.39, 0.29) is 0 Å². The zero-order chi connectivity index (χ0) is 30.7. The minimum atomic E-state index is 0.370. The third-order valence-electron chi connectivity index (χ3n) is 11.0. The first kappa shape index (κ1) is 27.2. The summed E-state index contributed by atoms with van der Waals surface area (Å²) in [5.74, 6) is 4.80. The number of nitrogens with zero attached hydrogens (tertiary/aromatic N) is 4. The fourth-order valence-electron chi connectivity index (χ4n) is 9.25. The van der Waals surface area contributed by atoms with Crippen molar-refractivity contribution in [3.05, 3.63) is 126 Å². The first-order valence-corrected chi connectivity index (χ1v) is 16.6. The van der Waals surface area contributed by atoms with Crippen LogP contribution in [0.2, 0.25) is 0 Å². The monoisotopic (exact) mass is 594 g/mol. The number of fused-ring (bicyclic) bond motifs is 1. The van der Waals surface area contributed by atoms with E-state index >= 15 is 0 Å². The Morgan fingerprint density at radius 3 is 1.59 bits per heavy atom. The highest BCUT2D eigenvalue weighted by Gasteiger charge is 2.51. The quantitative estimate of drug-likeness (QED) is 0.199. The Morgan fingerprint density at radius 1 is 0.500 bits per heavy atom. The average Bonchev–Trinajstić information content (AvgIpc) is 3.11. The average molecular weight is 595 g/mol. The molecule has 4 fully saturated rings. The van der Waals surface area contributed by atoms with Gasteiger partial charge in [-0.2, -0.15) is 5.26 Å². The molecular weight excluding hydrogens is 560 g/mol. The van der Waals surface area contributed by atoms with Crippen molar-refractivity contribution in [2.75, 3.05) is 0 Å². The number of nitriles is 1. The SMILES string of the molecule is N#Cc1cccc2c(-c3ccc(-c4nc(-c5ccccc5)nc(-c5ccc(C67C[C@H]8C[C@@H](C6)C[C@@H](C7)C8)cc5)n4)cc3)cccc12. The van der Waals surface area contributed by atoms with Crippen LogP contribution in [0.1, 0.15) is 49.7 Å². The van der Waals surface area contributed by atoms with E-state index in [1.165, 1.54) is 44.1 Å². The molecule has 6 aromatic rings. The zero-order valence-electron chi connectivity index (χ0n) is 25.7. The van der Waals surface area contributed by atoms with Crippen molar-refractivity contribution < 1.29 is 0 Å². The highest BCUT2D eigenvalue weighted by molar-refractivity contribution is 5.99. The summed E-state index contributed by atoms with van der Waals surface area (Å²) in [6.45, 7) is 0. The van der Waals surface area contributed by atoms with Crippen LogP contribution in [0.5, 0.6) is 0 Å². The van der Waals surface area contributed by atoms with Crippen LogP contribution in [0.15, 0.2) is 115 Å². The lowest BCUT2D eigenvalue weighted by Crippen LogP contribution is -2.48. The lowest BCUT2D eigenvalue weighted by atomic mass is 9.48. The molecule has 0 amide bonds. The lowest BCUT2D eigenvalue weighted by Gasteiger charge is -2.57. The summed E-state index contributed by atoms with van der Waals surface area (Å²) >= 11 is 0. The normalized spacial score (nSPS) is 23.0. The van der Waals surface area contributed by atoms with E-state index in [1.54, 1.807) is 0 Å². The molecule has 4 heteroatoms. The van der Waals surface area contributed by atoms with Gasteiger partial charge in [-0.25, -0.2) is 15.0 Å². The summed E-state index contributed by atoms with van der Waals surface area (Å²) in [4.78, 5) is 15.0. The molecule has 0 atom stereocenters. The van der Waals surface area contributed by atoms with Crippen molar-refractivity contribution in [1.29, 1.82) is 5.26 Å². The van der Waals surface area contributed by atoms with Gasteiger partial charge in [-0.15, -0.1) is 0 Å². The Bertz CT molecular complexity index is 2090. The molecule has 46 heavy (non-hydrogen) atoms. The molecule has 0 unspecified atom stereocenters. The smallest absolute Gasteiger partial charge is 0.164 e. The number of benzene rings is 5. The topological polar surface area (TPSA) is 62.5 Å². The van der Waals surface area contributed by atoms with Crippen LogP contribution < -0.4 is 0 Å². The third kappa shape index (κ3) is 4.62. The fraction of sp³-hybridized carbons (Fsp3) is 0.238. The van der Waals surface area contributed by atoms with Crippen LogP contribution in [0.25, 0.3) is 56.1 Å². The highest BCUT2D eigenvalue weighted by Crippen LogP contribution is 2.60. The van der Waals surface area contributed by atoms with Gasteiger partial charge in [0.25, 0.3) is 0 Å². The van der Waals surface area contributed by atoms with Gasteiger partial charge in [0.05, 0.1) is 11.6 Å². The van der Waals surface area contributed by atoms with Crippen molar-refractivity contribution in [3.63, 3.8) is 0 Å². The number of rotatable bonds is 5. The minimum absolute atomic E-state index is 0.370. The highest BCUT2D eigenvalue weighted by atomic mass is 15.0. The summed E-state index contributed by atoms with van der Waals surface area (Å²) < 4.78 is 0. The predicted octanol–water partition coefficient (Wildman–Crippen LogP) is 10.0. The van der Waals surface area contributed by atoms with Gasteiger partial charge in [0.2, 0.25) is 0 Å². The van der Waals surface area contributed by atoms with E-state index in [1.807, 2.05) is 42.5 Å². The summed E-state index contributed by atoms with van der Waals surface area (Å²) in [5.41, 5.74) is 7.69. The Labute approximate surface area is 269 Å². The van der Waals surface area contributed by atoms with Gasteiger partial charge in [-0.05, 0) is 89.8 Å². The summed E-state index contributed by atoms with van der Waals surface area (Å²) in [5, 5.41) is 11.7. The molecular formula is C42H34N4. The second-order valence-electron chi connectivity index (χ2n) is 13.8. The van der Waals surface area contributed by atoms with Crippen molar-refractivity contribution >= 4 is 10.8 Å². The molecule has 4 aliphatic rings. The maximum Gasteiger partial charge on any atom is 0.164 e. The van der Waals surface area contributed by atoms with Crippen LogP contribution in [-0.2, 0) is 5.41 Å². The second-order valence-corrected chi connectivity index (χ2v) is 13.8. The van der Waals surface area contributed by atoms with Crippen LogP contribution in [0.4, 0.5) is 0 Å². The summed E-state index contributed by atoms with van der Waals surface area (Å²) in [6, 6.07) is 42.2. The van der Waals surface area contributed by atoms with Crippen LogP contribution in [-0.4, -0.2) is 15.0 Å². The minimum Gasteiger partial charge on any atom is -0.208 e. The van der Waals surface area contributed by atoms with E-state index < -0.39 is 0 Å². The zero-order valence-corrected chi connectivity index (χ0v) is 25.7. The molecule has 10 rings (SSSR count). The Morgan fingerprint density at radius 2 is 1.00 bits per heavy atom. The molecule has 1 aromatic heterocycles. The van der Waals surface area contributed by atoms with Crippen molar-refractivity contribution in [2.45, 2.75) is 43.9 Å². The van der Waals surface area contributed by atoms with E-state index in [4.69, 9.17) is 15.0 Å². The molecule has 4 bridgehead atoms. The Balaban J connectivity index is 1.09. The first-order chi connectivity index (χ1) is 22.6. The largest absolute Gasteiger partial charge is 0.208 e. The van der Waals surface area contributed by atoms with Crippen LogP contribution >= 0.6 is 0 Å². The van der Waals surface area contributed by atoms with Gasteiger partial charge < -0.3 is 0 Å². The van der Waals surface area contributed by atoms with Crippen molar-refractivity contribution in [3.8, 4) is 51.4 Å². The van der Waals surface area contributed by atoms with Gasteiger partial charge in [-0.1, -0.05) is 109 Å². The summed E-state index contributed by atoms with van der Waals surface area (Å²) in [6.07, 6.45) is 8.46. The molecule has 5 aromatic carbocycles. The molecule has 0 radical (unpaired) electrons. The van der Waals surface area contributed by atoms with Gasteiger partial charge in [-0.3, -0.25) is 0 Å². The molecule has 4 nitrogen and oxygen atoms in total. The predicted molar refractivity (Wildman–Crippen MR) is 184 cm³/mol. The van der Waals surface area contributed by atoms with E-state index in [9.17, 15) is 5.26 Å². The maximum atomic E-state index is 9.62. The Kier molecular flexibility index (Phi) is 6.35. The second kappa shape index (κ2) is 10.7. The number of aromatic nitrogens is 3. The fourth-order valence-corrected chi connectivity index (χ4v) is 9.25. The third-order valence-corrected chi connectivity index (χ3v) is 11.0. The standard InChI is InChI=1S/C42H34N4/c43-26-34-8-4-11-38-36(9-5-10-37(34)38)30-12-14-32(15-13-30)40-44-39(31-6-2-1-3-7-31)45-41(46-40)33-16-18-35(19-17-33)42-23-27-20-28(24-42)22-29(21-27)25-42/h1-19,27-29H,20-25H2/t27-,28+,29-,42?. The van der Waals surface area contributed by atoms with Gasteiger partial charge in [0.1, 0.15) is 0 Å². The molecule has 0 spiro atoms. The molecule has 0 aliphatic heterocycles. The molecule has 1 heterocycles. The molecule has 4 saturated carbocycles.